The van der Waals surface area contributed by atoms with Gasteiger partial charge in [0.2, 0.25) is 0 Å². The van der Waals surface area contributed by atoms with Crippen molar-refractivity contribution in [2.24, 2.45) is 0 Å². The standard InChI is InChI=1S/C20H33NO2/c1-2-3-7-12-19(22)13-8-4-5-9-14-20(23)15-18-21-16-10-6-11-17-21/h3-5,7-9,13-14,19-20,22-23H,2,6,10-12,15-18H2,1H3. The van der Waals surface area contributed by atoms with Crippen LogP contribution in [0.5, 0.6) is 0 Å². The van der Waals surface area contributed by atoms with Crippen molar-refractivity contribution in [3.8, 4) is 0 Å². The van der Waals surface area contributed by atoms with Crippen molar-refractivity contribution in [3.63, 3.8) is 0 Å². The first-order valence-corrected chi connectivity index (χ1v) is 8.97. The number of rotatable bonds is 10. The number of likely N-dealkylation sites (tertiary alicyclic amines) is 1. The van der Waals surface area contributed by atoms with Gasteiger partial charge in [0, 0.05) is 6.54 Å². The van der Waals surface area contributed by atoms with Gasteiger partial charge in [-0.05, 0) is 45.2 Å². The van der Waals surface area contributed by atoms with Crippen molar-refractivity contribution in [3.05, 3.63) is 48.6 Å². The van der Waals surface area contributed by atoms with Gasteiger partial charge in [-0.2, -0.15) is 0 Å². The smallest absolute Gasteiger partial charge is 0.0758 e. The van der Waals surface area contributed by atoms with Crippen molar-refractivity contribution in [2.45, 2.75) is 57.7 Å². The molecule has 130 valence electrons. The molecule has 23 heavy (non-hydrogen) atoms. The number of nitrogens with zero attached hydrogens (tertiary/aromatic N) is 1. The summed E-state index contributed by atoms with van der Waals surface area (Å²) in [6.07, 6.45) is 20.7. The van der Waals surface area contributed by atoms with Gasteiger partial charge in [-0.3, -0.25) is 0 Å². The molecule has 0 aromatic rings. The normalized spacial score (nSPS) is 20.3. The highest BCUT2D eigenvalue weighted by Gasteiger charge is 2.10. The number of aliphatic hydroxyl groups excluding tert-OH is 2. The second-order valence-corrected chi connectivity index (χ2v) is 6.10. The molecular formula is C20H33NO2. The third kappa shape index (κ3) is 11.1. The molecule has 3 heteroatoms. The molecular weight excluding hydrogens is 286 g/mol. The lowest BCUT2D eigenvalue weighted by molar-refractivity contribution is 0.164. The summed E-state index contributed by atoms with van der Waals surface area (Å²) in [5.41, 5.74) is 0. The molecule has 2 N–H and O–H groups in total. The molecule has 0 spiro atoms. The lowest BCUT2D eigenvalue weighted by atomic mass is 10.1. The van der Waals surface area contributed by atoms with Crippen LogP contribution in [-0.2, 0) is 0 Å². The van der Waals surface area contributed by atoms with E-state index in [4.69, 9.17) is 0 Å². The molecule has 0 saturated carbocycles. The zero-order chi connectivity index (χ0) is 16.8. The SMILES string of the molecule is CCC=CCC(O)C=CC=CC=CC(O)CCN1CCCCC1. The van der Waals surface area contributed by atoms with Crippen LogP contribution in [0.25, 0.3) is 0 Å². The summed E-state index contributed by atoms with van der Waals surface area (Å²) < 4.78 is 0. The monoisotopic (exact) mass is 319 g/mol. The average molecular weight is 319 g/mol. The highest BCUT2D eigenvalue weighted by molar-refractivity contribution is 5.13. The summed E-state index contributed by atoms with van der Waals surface area (Å²) in [7, 11) is 0. The Kier molecular flexibility index (Phi) is 11.5. The Morgan fingerprint density at radius 1 is 0.870 bits per heavy atom. The van der Waals surface area contributed by atoms with Crippen LogP contribution in [0.1, 0.15) is 45.4 Å². The predicted molar refractivity (Wildman–Crippen MR) is 98.4 cm³/mol. The third-order valence-corrected chi connectivity index (χ3v) is 3.97. The first-order chi connectivity index (χ1) is 11.2. The highest BCUT2D eigenvalue weighted by Crippen LogP contribution is 2.09. The maximum atomic E-state index is 9.93. The summed E-state index contributed by atoms with van der Waals surface area (Å²) in [6, 6.07) is 0. The van der Waals surface area contributed by atoms with Crippen molar-refractivity contribution in [1.82, 2.24) is 4.90 Å². The van der Waals surface area contributed by atoms with Gasteiger partial charge in [-0.15, -0.1) is 0 Å². The Balaban J connectivity index is 2.14. The number of aliphatic hydroxyl groups is 2. The number of piperidine rings is 1. The highest BCUT2D eigenvalue weighted by atomic mass is 16.3. The number of hydrogen-bond acceptors (Lipinski definition) is 3. The van der Waals surface area contributed by atoms with Crippen LogP contribution < -0.4 is 0 Å². The van der Waals surface area contributed by atoms with Gasteiger partial charge in [0.05, 0.1) is 12.2 Å². The zero-order valence-electron chi connectivity index (χ0n) is 14.5. The first kappa shape index (κ1) is 19.9. The molecule has 1 aliphatic heterocycles. The van der Waals surface area contributed by atoms with Gasteiger partial charge in [-0.25, -0.2) is 0 Å². The Bertz CT molecular complexity index is 392. The Labute approximate surface area is 141 Å². The molecule has 0 amide bonds. The first-order valence-electron chi connectivity index (χ1n) is 8.97. The minimum atomic E-state index is -0.429. The Morgan fingerprint density at radius 2 is 1.52 bits per heavy atom. The van der Waals surface area contributed by atoms with Crippen LogP contribution >= 0.6 is 0 Å². The molecule has 2 atom stereocenters. The summed E-state index contributed by atoms with van der Waals surface area (Å²) in [5.74, 6) is 0. The summed E-state index contributed by atoms with van der Waals surface area (Å²) in [4.78, 5) is 2.44. The largest absolute Gasteiger partial charge is 0.389 e. The third-order valence-electron chi connectivity index (χ3n) is 3.97. The van der Waals surface area contributed by atoms with Crippen molar-refractivity contribution >= 4 is 0 Å². The molecule has 1 aliphatic rings. The molecule has 0 aliphatic carbocycles. The molecule has 0 bridgehead atoms. The number of hydrogen-bond donors (Lipinski definition) is 2. The van der Waals surface area contributed by atoms with E-state index < -0.39 is 6.10 Å². The van der Waals surface area contributed by atoms with E-state index in [1.54, 1.807) is 6.08 Å². The Hall–Kier alpha value is -1.16. The second-order valence-electron chi connectivity index (χ2n) is 6.10. The fourth-order valence-corrected chi connectivity index (χ4v) is 2.59. The van der Waals surface area contributed by atoms with E-state index in [2.05, 4.69) is 17.9 Å². The van der Waals surface area contributed by atoms with Gasteiger partial charge >= 0.3 is 0 Å². The van der Waals surface area contributed by atoms with Crippen LogP contribution in [0.15, 0.2) is 48.6 Å². The quantitative estimate of drug-likeness (QED) is 0.477. The fraction of sp³-hybridized carbons (Fsp3) is 0.600. The van der Waals surface area contributed by atoms with E-state index in [-0.39, 0.29) is 6.10 Å². The molecule has 1 rings (SSSR count). The van der Waals surface area contributed by atoms with Crippen LogP contribution in [-0.4, -0.2) is 47.0 Å². The molecule has 0 aromatic carbocycles. The van der Waals surface area contributed by atoms with E-state index in [0.717, 1.165) is 19.4 Å². The van der Waals surface area contributed by atoms with E-state index in [9.17, 15) is 10.2 Å². The van der Waals surface area contributed by atoms with Crippen LogP contribution in [0.3, 0.4) is 0 Å². The maximum Gasteiger partial charge on any atom is 0.0758 e. The van der Waals surface area contributed by atoms with Crippen molar-refractivity contribution < 1.29 is 10.2 Å². The lowest BCUT2D eigenvalue weighted by Crippen LogP contribution is -2.32. The van der Waals surface area contributed by atoms with Gasteiger partial charge in [0.15, 0.2) is 0 Å². The van der Waals surface area contributed by atoms with Crippen molar-refractivity contribution in [1.29, 1.82) is 0 Å². The van der Waals surface area contributed by atoms with Gasteiger partial charge in [0.25, 0.3) is 0 Å². The van der Waals surface area contributed by atoms with Crippen LogP contribution in [0.4, 0.5) is 0 Å². The van der Waals surface area contributed by atoms with Gasteiger partial charge in [-0.1, -0.05) is 62.0 Å². The van der Waals surface area contributed by atoms with E-state index in [1.165, 1.54) is 32.4 Å². The van der Waals surface area contributed by atoms with Gasteiger partial charge < -0.3 is 15.1 Å². The van der Waals surface area contributed by atoms with E-state index in [0.29, 0.717) is 6.42 Å². The number of allylic oxidation sites excluding steroid dienone is 5. The minimum absolute atomic E-state index is 0.379. The summed E-state index contributed by atoms with van der Waals surface area (Å²) >= 11 is 0. The zero-order valence-corrected chi connectivity index (χ0v) is 14.5. The minimum Gasteiger partial charge on any atom is -0.389 e. The average Bonchev–Trinajstić information content (AvgIpc) is 2.57. The lowest BCUT2D eigenvalue weighted by Gasteiger charge is -2.26. The molecule has 0 radical (unpaired) electrons. The van der Waals surface area contributed by atoms with Crippen molar-refractivity contribution in [2.75, 3.05) is 19.6 Å². The molecule has 3 nitrogen and oxygen atoms in total. The molecule has 1 saturated heterocycles. The Morgan fingerprint density at radius 3 is 2.17 bits per heavy atom. The maximum absolute atomic E-state index is 9.93. The second kappa shape index (κ2) is 13.3. The summed E-state index contributed by atoms with van der Waals surface area (Å²) in [5, 5.41) is 19.6. The molecule has 1 fully saturated rings. The molecule has 2 unspecified atom stereocenters. The molecule has 1 heterocycles. The van der Waals surface area contributed by atoms with E-state index >= 15 is 0 Å². The van der Waals surface area contributed by atoms with E-state index in [1.807, 2.05) is 36.5 Å². The van der Waals surface area contributed by atoms with Crippen LogP contribution in [0.2, 0.25) is 0 Å². The van der Waals surface area contributed by atoms with Gasteiger partial charge in [0.1, 0.15) is 0 Å². The van der Waals surface area contributed by atoms with Crippen LogP contribution in [0, 0.1) is 0 Å². The molecule has 0 aromatic heterocycles. The fourth-order valence-electron chi connectivity index (χ4n) is 2.59. The topological polar surface area (TPSA) is 43.7 Å². The summed E-state index contributed by atoms with van der Waals surface area (Å²) in [6.45, 7) is 5.41. The predicted octanol–water partition coefficient (Wildman–Crippen LogP) is 3.61.